The molecular weight excluding hydrogens is 244 g/mol. The number of hydrogen-bond acceptors (Lipinski definition) is 3. The van der Waals surface area contributed by atoms with Crippen molar-refractivity contribution in [2.75, 3.05) is 31.6 Å². The summed E-state index contributed by atoms with van der Waals surface area (Å²) in [6, 6.07) is -0.261. The molecule has 0 aromatic heterocycles. The van der Waals surface area contributed by atoms with Crippen molar-refractivity contribution in [1.82, 2.24) is 10.2 Å². The van der Waals surface area contributed by atoms with E-state index < -0.39 is 16.8 Å². The molecule has 0 fully saturated rings. The highest BCUT2D eigenvalue weighted by Gasteiger charge is 2.08. The number of rotatable bonds is 8. The summed E-state index contributed by atoms with van der Waals surface area (Å²) in [4.78, 5) is 23.2. The van der Waals surface area contributed by atoms with Crippen LogP contribution in [0.15, 0.2) is 0 Å². The molecule has 0 aliphatic rings. The van der Waals surface area contributed by atoms with Crippen molar-refractivity contribution in [3.05, 3.63) is 0 Å². The molecule has 2 N–H and O–H groups in total. The molecule has 2 amide bonds. The normalized spacial score (nSPS) is 11.9. The van der Waals surface area contributed by atoms with E-state index in [9.17, 15) is 13.8 Å². The van der Waals surface area contributed by atoms with Crippen LogP contribution in [0.1, 0.15) is 19.8 Å². The fourth-order valence-electron chi connectivity index (χ4n) is 1.12. The summed E-state index contributed by atoms with van der Waals surface area (Å²) in [5, 5.41) is 11.1. The Kier molecular flexibility index (Phi) is 8.39. The quantitative estimate of drug-likeness (QED) is 0.658. The Labute approximate surface area is 104 Å². The Bertz CT molecular complexity index is 283. The van der Waals surface area contributed by atoms with Gasteiger partial charge in [0.25, 0.3) is 0 Å². The van der Waals surface area contributed by atoms with E-state index in [4.69, 9.17) is 5.11 Å². The summed E-state index contributed by atoms with van der Waals surface area (Å²) >= 11 is 0. The van der Waals surface area contributed by atoms with Crippen LogP contribution in [0.25, 0.3) is 0 Å². The lowest BCUT2D eigenvalue weighted by atomic mass is 10.3. The van der Waals surface area contributed by atoms with Crippen LogP contribution in [-0.2, 0) is 15.6 Å². The molecule has 0 aliphatic carbocycles. The standard InChI is InChI=1S/C10H20N2O4S/c1-3-17(16)8-6-11-10(15)12(2)7-4-5-9(13)14/h3-8H2,1-2H3,(H,11,15)(H,13,14). The fraction of sp³-hybridized carbons (Fsp3) is 0.800. The number of carboxylic acid groups (broad SMARTS) is 1. The van der Waals surface area contributed by atoms with E-state index in [0.717, 1.165) is 0 Å². The van der Waals surface area contributed by atoms with Gasteiger partial charge in [0.1, 0.15) is 0 Å². The highest BCUT2D eigenvalue weighted by molar-refractivity contribution is 7.84. The van der Waals surface area contributed by atoms with E-state index in [1.165, 1.54) is 4.90 Å². The van der Waals surface area contributed by atoms with Gasteiger partial charge in [-0.3, -0.25) is 9.00 Å². The molecule has 0 saturated heterocycles. The molecule has 1 unspecified atom stereocenters. The third-order valence-corrected chi connectivity index (χ3v) is 3.46. The third-order valence-electron chi connectivity index (χ3n) is 2.16. The summed E-state index contributed by atoms with van der Waals surface area (Å²) in [6.45, 7) is 2.60. The fourth-order valence-corrected chi connectivity index (χ4v) is 1.74. The molecule has 7 heteroatoms. The molecule has 0 radical (unpaired) electrons. The number of carboxylic acids is 1. The van der Waals surface area contributed by atoms with Gasteiger partial charge in [-0.1, -0.05) is 6.92 Å². The minimum Gasteiger partial charge on any atom is -0.481 e. The van der Waals surface area contributed by atoms with Crippen LogP contribution < -0.4 is 5.32 Å². The summed E-state index contributed by atoms with van der Waals surface area (Å²) < 4.78 is 11.1. The first-order chi connectivity index (χ1) is 7.97. The summed E-state index contributed by atoms with van der Waals surface area (Å²) in [7, 11) is 0.726. The lowest BCUT2D eigenvalue weighted by Gasteiger charge is -2.17. The number of nitrogens with zero attached hydrogens (tertiary/aromatic N) is 1. The first kappa shape index (κ1) is 15.9. The van der Waals surface area contributed by atoms with Crippen LogP contribution in [0.2, 0.25) is 0 Å². The Morgan fingerprint density at radius 2 is 2.06 bits per heavy atom. The van der Waals surface area contributed by atoms with Crippen LogP contribution in [0, 0.1) is 0 Å². The molecule has 6 nitrogen and oxygen atoms in total. The molecule has 0 saturated carbocycles. The van der Waals surface area contributed by atoms with Gasteiger partial charge in [0.2, 0.25) is 0 Å². The van der Waals surface area contributed by atoms with Crippen molar-refractivity contribution in [3.8, 4) is 0 Å². The molecule has 1 atom stereocenters. The number of nitrogens with one attached hydrogen (secondary N) is 1. The molecule has 0 rings (SSSR count). The summed E-state index contributed by atoms with van der Waals surface area (Å²) in [5.74, 6) is 0.173. The van der Waals surface area contributed by atoms with Gasteiger partial charge >= 0.3 is 12.0 Å². The Hall–Kier alpha value is -1.11. The number of urea groups is 1. The highest BCUT2D eigenvalue weighted by atomic mass is 32.2. The number of carbonyl (C=O) groups is 2. The Morgan fingerprint density at radius 3 is 2.59 bits per heavy atom. The molecule has 0 spiro atoms. The largest absolute Gasteiger partial charge is 0.481 e. The van der Waals surface area contributed by atoms with Gasteiger partial charge in [0, 0.05) is 48.9 Å². The van der Waals surface area contributed by atoms with Crippen molar-refractivity contribution in [3.63, 3.8) is 0 Å². The number of amides is 2. The predicted octanol–water partition coefficient (Wildman–Crippen LogP) is 0.261. The number of carbonyl (C=O) groups excluding carboxylic acids is 1. The van der Waals surface area contributed by atoms with Crippen molar-refractivity contribution >= 4 is 22.8 Å². The van der Waals surface area contributed by atoms with Crippen LogP contribution in [0.4, 0.5) is 4.79 Å². The van der Waals surface area contributed by atoms with Gasteiger partial charge in [-0.15, -0.1) is 0 Å². The van der Waals surface area contributed by atoms with Crippen molar-refractivity contribution in [2.45, 2.75) is 19.8 Å². The highest BCUT2D eigenvalue weighted by Crippen LogP contribution is 1.93. The first-order valence-corrected chi connectivity index (χ1v) is 7.02. The minimum absolute atomic E-state index is 0.0530. The van der Waals surface area contributed by atoms with Crippen molar-refractivity contribution in [2.24, 2.45) is 0 Å². The molecule has 0 aromatic rings. The molecule has 17 heavy (non-hydrogen) atoms. The zero-order valence-electron chi connectivity index (χ0n) is 10.3. The molecule has 0 heterocycles. The van der Waals surface area contributed by atoms with Crippen LogP contribution in [0.5, 0.6) is 0 Å². The topological polar surface area (TPSA) is 86.7 Å². The average molecular weight is 264 g/mol. The van der Waals surface area contributed by atoms with E-state index in [2.05, 4.69) is 5.32 Å². The molecule has 0 bridgehead atoms. The Balaban J connectivity index is 3.67. The maximum Gasteiger partial charge on any atom is 0.317 e. The smallest absolute Gasteiger partial charge is 0.317 e. The predicted molar refractivity (Wildman–Crippen MR) is 66.4 cm³/mol. The lowest BCUT2D eigenvalue weighted by molar-refractivity contribution is -0.137. The van der Waals surface area contributed by atoms with E-state index >= 15 is 0 Å². The first-order valence-electron chi connectivity index (χ1n) is 5.53. The average Bonchev–Trinajstić information content (AvgIpc) is 2.27. The van der Waals surface area contributed by atoms with E-state index in [1.807, 2.05) is 6.92 Å². The van der Waals surface area contributed by atoms with Gasteiger partial charge in [-0.2, -0.15) is 0 Å². The van der Waals surface area contributed by atoms with Gasteiger partial charge in [0.15, 0.2) is 0 Å². The van der Waals surface area contributed by atoms with Gasteiger partial charge in [-0.25, -0.2) is 4.79 Å². The van der Waals surface area contributed by atoms with Gasteiger partial charge < -0.3 is 15.3 Å². The van der Waals surface area contributed by atoms with Crippen LogP contribution >= 0.6 is 0 Å². The monoisotopic (exact) mass is 264 g/mol. The van der Waals surface area contributed by atoms with Gasteiger partial charge in [0.05, 0.1) is 0 Å². The van der Waals surface area contributed by atoms with Crippen molar-refractivity contribution in [1.29, 1.82) is 0 Å². The Morgan fingerprint density at radius 1 is 1.41 bits per heavy atom. The lowest BCUT2D eigenvalue weighted by Crippen LogP contribution is -2.39. The second-order valence-electron chi connectivity index (χ2n) is 3.58. The van der Waals surface area contributed by atoms with Gasteiger partial charge in [-0.05, 0) is 6.42 Å². The molecule has 0 aromatic carbocycles. The SMILES string of the molecule is CCS(=O)CCNC(=O)N(C)CCCC(=O)O. The molecular formula is C10H20N2O4S. The summed E-state index contributed by atoms with van der Waals surface area (Å²) in [6.07, 6.45) is 0.484. The van der Waals surface area contributed by atoms with Crippen molar-refractivity contribution < 1.29 is 18.9 Å². The van der Waals surface area contributed by atoms with Crippen LogP contribution in [-0.4, -0.2) is 57.9 Å². The molecule has 100 valence electrons. The van der Waals surface area contributed by atoms with E-state index in [1.54, 1.807) is 7.05 Å². The summed E-state index contributed by atoms with van der Waals surface area (Å²) in [5.41, 5.74) is 0. The number of hydrogen-bond donors (Lipinski definition) is 2. The van der Waals surface area contributed by atoms with E-state index in [-0.39, 0.29) is 12.5 Å². The number of aliphatic carboxylic acids is 1. The zero-order valence-corrected chi connectivity index (χ0v) is 11.1. The third kappa shape index (κ3) is 8.67. The van der Waals surface area contributed by atoms with Crippen LogP contribution in [0.3, 0.4) is 0 Å². The van der Waals surface area contributed by atoms with E-state index in [0.29, 0.717) is 31.0 Å². The maximum atomic E-state index is 11.5. The zero-order chi connectivity index (χ0) is 13.3. The second-order valence-corrected chi connectivity index (χ2v) is 5.45. The minimum atomic E-state index is -0.879. The maximum absolute atomic E-state index is 11.5. The second kappa shape index (κ2) is 8.98. The molecule has 0 aliphatic heterocycles.